The summed E-state index contributed by atoms with van der Waals surface area (Å²) in [5.41, 5.74) is 0.462. The lowest BCUT2D eigenvalue weighted by Crippen LogP contribution is -2.39. The van der Waals surface area contributed by atoms with E-state index < -0.39 is 5.60 Å². The highest BCUT2D eigenvalue weighted by Gasteiger charge is 2.32. The third-order valence-corrected chi connectivity index (χ3v) is 3.50. The quantitative estimate of drug-likeness (QED) is 0.674. The van der Waals surface area contributed by atoms with Crippen LogP contribution in [0.25, 0.3) is 21.9 Å². The average molecular weight is 298 g/mol. The van der Waals surface area contributed by atoms with E-state index in [1.165, 1.54) is 0 Å². The number of carbonyl (C=O) groups excluding carboxylic acids is 1. The van der Waals surface area contributed by atoms with Crippen molar-refractivity contribution in [2.24, 2.45) is 0 Å². The summed E-state index contributed by atoms with van der Waals surface area (Å²) in [6.07, 6.45) is 0. The summed E-state index contributed by atoms with van der Waals surface area (Å²) in [6.45, 7) is 5.50. The molecule has 0 amide bonds. The van der Waals surface area contributed by atoms with E-state index in [1.807, 2.05) is 42.5 Å². The second-order valence-electron chi connectivity index (χ2n) is 5.56. The first-order chi connectivity index (χ1) is 10.5. The van der Waals surface area contributed by atoms with E-state index in [-0.39, 0.29) is 5.97 Å². The molecular weight excluding hydrogens is 280 g/mol. The van der Waals surface area contributed by atoms with Crippen LogP contribution in [-0.2, 0) is 9.53 Å². The van der Waals surface area contributed by atoms with Crippen molar-refractivity contribution in [2.45, 2.75) is 26.4 Å². The second-order valence-corrected chi connectivity index (χ2v) is 5.56. The highest BCUT2D eigenvalue weighted by molar-refractivity contribution is 6.08. The lowest BCUT2D eigenvalue weighted by molar-refractivity contribution is -0.158. The maximum absolute atomic E-state index is 12.0. The van der Waals surface area contributed by atoms with Crippen molar-refractivity contribution in [3.63, 3.8) is 0 Å². The van der Waals surface area contributed by atoms with Crippen molar-refractivity contribution in [3.8, 4) is 5.75 Å². The highest BCUT2D eigenvalue weighted by Crippen LogP contribution is 2.36. The third-order valence-electron chi connectivity index (χ3n) is 3.50. The van der Waals surface area contributed by atoms with Gasteiger partial charge in [0.1, 0.15) is 16.9 Å². The summed E-state index contributed by atoms with van der Waals surface area (Å²) < 4.78 is 16.9. The maximum atomic E-state index is 12.0. The molecule has 0 radical (unpaired) electrons. The molecule has 0 aliphatic heterocycles. The minimum absolute atomic E-state index is 0.324. The Morgan fingerprint density at radius 3 is 2.59 bits per heavy atom. The van der Waals surface area contributed by atoms with Gasteiger partial charge in [-0.2, -0.15) is 0 Å². The van der Waals surface area contributed by atoms with Gasteiger partial charge < -0.3 is 13.9 Å². The van der Waals surface area contributed by atoms with E-state index in [4.69, 9.17) is 13.9 Å². The van der Waals surface area contributed by atoms with Crippen molar-refractivity contribution >= 4 is 27.9 Å². The molecule has 0 unspecified atom stereocenters. The van der Waals surface area contributed by atoms with Gasteiger partial charge >= 0.3 is 5.97 Å². The Bertz CT molecular complexity index is 829. The Labute approximate surface area is 128 Å². The topological polar surface area (TPSA) is 48.7 Å². The molecular formula is C18H18O4. The van der Waals surface area contributed by atoms with Crippen LogP contribution in [0.5, 0.6) is 5.75 Å². The van der Waals surface area contributed by atoms with Crippen molar-refractivity contribution in [1.82, 2.24) is 0 Å². The van der Waals surface area contributed by atoms with Crippen molar-refractivity contribution in [2.75, 3.05) is 6.61 Å². The third kappa shape index (κ3) is 2.41. The van der Waals surface area contributed by atoms with Crippen LogP contribution < -0.4 is 4.74 Å². The van der Waals surface area contributed by atoms with E-state index in [9.17, 15) is 4.79 Å². The number of hydrogen-bond donors (Lipinski definition) is 0. The molecule has 0 saturated heterocycles. The van der Waals surface area contributed by atoms with E-state index in [0.717, 1.165) is 21.9 Å². The first-order valence-electron chi connectivity index (χ1n) is 7.29. The van der Waals surface area contributed by atoms with Crippen molar-refractivity contribution in [3.05, 3.63) is 42.5 Å². The summed E-state index contributed by atoms with van der Waals surface area (Å²) in [5, 5.41) is 1.84. The van der Waals surface area contributed by atoms with Crippen LogP contribution in [0.3, 0.4) is 0 Å². The van der Waals surface area contributed by atoms with Gasteiger partial charge in [-0.15, -0.1) is 0 Å². The fraction of sp³-hybridized carbons (Fsp3) is 0.278. The molecule has 1 heterocycles. The molecule has 0 bridgehead atoms. The first-order valence-corrected chi connectivity index (χ1v) is 7.29. The molecule has 0 spiro atoms. The lowest BCUT2D eigenvalue weighted by Gasteiger charge is -2.24. The van der Waals surface area contributed by atoms with Gasteiger partial charge in [-0.05, 0) is 39.0 Å². The summed E-state index contributed by atoms with van der Waals surface area (Å²) in [4.78, 5) is 12.0. The van der Waals surface area contributed by atoms with Gasteiger partial charge in [0.2, 0.25) is 0 Å². The molecule has 0 fully saturated rings. The van der Waals surface area contributed by atoms with Gasteiger partial charge in [-0.3, -0.25) is 0 Å². The number of esters is 1. The number of fused-ring (bicyclic) bond motifs is 3. The molecule has 0 aliphatic carbocycles. The second kappa shape index (κ2) is 5.37. The summed E-state index contributed by atoms with van der Waals surface area (Å²) in [7, 11) is 0. The molecule has 4 heteroatoms. The Kier molecular flexibility index (Phi) is 3.53. The summed E-state index contributed by atoms with van der Waals surface area (Å²) in [6, 6.07) is 13.3. The minimum Gasteiger partial charge on any atom is -0.475 e. The number of furan rings is 1. The molecule has 0 N–H and O–H groups in total. The lowest BCUT2D eigenvalue weighted by atomic mass is 10.1. The normalized spacial score (nSPS) is 11.8. The van der Waals surface area contributed by atoms with Crippen LogP contribution in [0.1, 0.15) is 20.8 Å². The fourth-order valence-electron chi connectivity index (χ4n) is 2.45. The smallest absolute Gasteiger partial charge is 0.349 e. The molecule has 4 nitrogen and oxygen atoms in total. The molecule has 114 valence electrons. The van der Waals surface area contributed by atoms with Crippen molar-refractivity contribution in [1.29, 1.82) is 0 Å². The molecule has 0 saturated carbocycles. The van der Waals surface area contributed by atoms with Crippen LogP contribution in [-0.4, -0.2) is 18.2 Å². The Morgan fingerprint density at radius 1 is 1.09 bits per heavy atom. The van der Waals surface area contributed by atoms with Crippen LogP contribution in [0.15, 0.2) is 46.9 Å². The van der Waals surface area contributed by atoms with Crippen LogP contribution in [0.4, 0.5) is 0 Å². The van der Waals surface area contributed by atoms with Crippen LogP contribution >= 0.6 is 0 Å². The zero-order valence-electron chi connectivity index (χ0n) is 12.9. The SMILES string of the molecule is CCOC(=O)C(C)(C)Oc1cccc2oc3ccccc3c12. The van der Waals surface area contributed by atoms with Gasteiger partial charge in [0.05, 0.1) is 12.0 Å². The van der Waals surface area contributed by atoms with Gasteiger partial charge in [0, 0.05) is 5.39 Å². The predicted molar refractivity (Wildman–Crippen MR) is 85.1 cm³/mol. The zero-order valence-corrected chi connectivity index (χ0v) is 12.9. The maximum Gasteiger partial charge on any atom is 0.349 e. The standard InChI is InChI=1S/C18H18O4/c1-4-20-17(19)18(2,3)22-15-11-7-10-14-16(15)12-8-5-6-9-13(12)21-14/h5-11H,4H2,1-3H3. The van der Waals surface area contributed by atoms with Gasteiger partial charge in [0.25, 0.3) is 0 Å². The van der Waals surface area contributed by atoms with Gasteiger partial charge in [-0.1, -0.05) is 24.3 Å². The van der Waals surface area contributed by atoms with E-state index in [1.54, 1.807) is 20.8 Å². The van der Waals surface area contributed by atoms with Gasteiger partial charge in [0.15, 0.2) is 5.60 Å². The van der Waals surface area contributed by atoms with Gasteiger partial charge in [-0.25, -0.2) is 4.79 Å². The molecule has 0 atom stereocenters. The Balaban J connectivity index is 2.09. The van der Waals surface area contributed by atoms with Crippen LogP contribution in [0, 0.1) is 0 Å². The highest BCUT2D eigenvalue weighted by atomic mass is 16.6. The fourth-order valence-corrected chi connectivity index (χ4v) is 2.45. The van der Waals surface area contributed by atoms with Crippen LogP contribution in [0.2, 0.25) is 0 Å². The predicted octanol–water partition coefficient (Wildman–Crippen LogP) is 4.31. The number of ether oxygens (including phenoxy) is 2. The summed E-state index contributed by atoms with van der Waals surface area (Å²) >= 11 is 0. The first kappa shape index (κ1) is 14.4. The number of benzene rings is 2. The molecule has 3 rings (SSSR count). The number of hydrogen-bond acceptors (Lipinski definition) is 4. The van der Waals surface area contributed by atoms with E-state index in [0.29, 0.717) is 12.4 Å². The Morgan fingerprint density at radius 2 is 1.82 bits per heavy atom. The molecule has 3 aromatic rings. The molecule has 2 aromatic carbocycles. The monoisotopic (exact) mass is 298 g/mol. The summed E-state index contributed by atoms with van der Waals surface area (Å²) in [5.74, 6) is 0.223. The number of carbonyl (C=O) groups is 1. The molecule has 1 aromatic heterocycles. The molecule has 0 aliphatic rings. The average Bonchev–Trinajstić information content (AvgIpc) is 2.86. The van der Waals surface area contributed by atoms with E-state index in [2.05, 4.69) is 0 Å². The largest absolute Gasteiger partial charge is 0.475 e. The van der Waals surface area contributed by atoms with E-state index >= 15 is 0 Å². The zero-order chi connectivity index (χ0) is 15.7. The molecule has 22 heavy (non-hydrogen) atoms. The Hall–Kier alpha value is -2.49. The number of rotatable bonds is 4. The van der Waals surface area contributed by atoms with Crippen molar-refractivity contribution < 1.29 is 18.7 Å². The minimum atomic E-state index is -1.07. The number of para-hydroxylation sites is 1.